The first-order chi connectivity index (χ1) is 28.7. The topological polar surface area (TPSA) is 228 Å². The highest BCUT2D eigenvalue weighted by Gasteiger charge is 2.53. The average Bonchev–Trinajstić information content (AvgIpc) is 3.21. The molecule has 0 aromatic heterocycles. The summed E-state index contributed by atoms with van der Waals surface area (Å²) in [5.74, 6) is -9.27. The number of aliphatic hydroxyl groups is 6. The Morgan fingerprint density at radius 2 is 1.43 bits per heavy atom. The summed E-state index contributed by atoms with van der Waals surface area (Å²) < 4.78 is 12.0. The van der Waals surface area contributed by atoms with Gasteiger partial charge in [-0.3, -0.25) is 19.2 Å². The fraction of sp³-hybridized carbons (Fsp3) is 0.723. The maximum Gasteiger partial charge on any atom is 0.329 e. The highest BCUT2D eigenvalue weighted by atomic mass is 16.6. The van der Waals surface area contributed by atoms with Crippen LogP contribution in [0, 0.1) is 35.5 Å². The van der Waals surface area contributed by atoms with Crippen LogP contribution in [0.2, 0.25) is 0 Å². The number of fused-ring (bicyclic) bond motifs is 3. The fourth-order valence-corrected chi connectivity index (χ4v) is 9.19. The van der Waals surface area contributed by atoms with Crippen molar-refractivity contribution in [1.29, 1.82) is 0 Å². The van der Waals surface area contributed by atoms with E-state index < -0.39 is 89.6 Å². The van der Waals surface area contributed by atoms with Gasteiger partial charge < -0.3 is 45.0 Å². The summed E-state index contributed by atoms with van der Waals surface area (Å²) >= 11 is 0. The summed E-state index contributed by atoms with van der Waals surface area (Å²) in [6.45, 7) is 9.80. The number of piperidine rings is 1. The molecule has 61 heavy (non-hydrogen) atoms. The molecule has 342 valence electrons. The van der Waals surface area contributed by atoms with Crippen molar-refractivity contribution < 1.29 is 64.1 Å². The van der Waals surface area contributed by atoms with Gasteiger partial charge in [-0.2, -0.15) is 0 Å². The molecule has 0 aromatic rings. The first-order valence-corrected chi connectivity index (χ1v) is 22.3. The fourth-order valence-electron chi connectivity index (χ4n) is 9.19. The second-order valence-corrected chi connectivity index (χ2v) is 18.5. The van der Waals surface area contributed by atoms with Crippen LogP contribution < -0.4 is 0 Å². The number of ketones is 3. The third kappa shape index (κ3) is 13.8. The average molecular weight is 858 g/mol. The van der Waals surface area contributed by atoms with Crippen molar-refractivity contribution in [3.63, 3.8) is 0 Å². The molecular formula is C47H71NO13. The largest absolute Gasteiger partial charge is 0.460 e. The third-order valence-corrected chi connectivity index (χ3v) is 13.3. The van der Waals surface area contributed by atoms with E-state index in [-0.39, 0.29) is 67.4 Å². The molecule has 1 saturated carbocycles. The number of nitrogens with zero attached hydrogens (tertiary/aromatic N) is 1. The van der Waals surface area contributed by atoms with Crippen LogP contribution in [0.15, 0.2) is 48.1 Å². The smallest absolute Gasteiger partial charge is 0.329 e. The Kier molecular flexibility index (Phi) is 18.8. The van der Waals surface area contributed by atoms with Gasteiger partial charge in [-0.05, 0) is 94.5 Å². The monoisotopic (exact) mass is 857 g/mol. The highest BCUT2D eigenvalue weighted by molar-refractivity contribution is 6.39. The second kappa shape index (κ2) is 22.8. The molecule has 13 atom stereocenters. The minimum atomic E-state index is -2.56. The summed E-state index contributed by atoms with van der Waals surface area (Å²) in [6, 6.07) is -1.32. The molecule has 4 aliphatic rings. The van der Waals surface area contributed by atoms with Gasteiger partial charge in [-0.1, -0.05) is 77.2 Å². The molecule has 3 heterocycles. The number of amides is 1. The lowest BCUT2D eigenvalue weighted by atomic mass is 9.79. The molecule has 1 amide bonds. The van der Waals surface area contributed by atoms with E-state index in [1.165, 1.54) is 19.1 Å². The van der Waals surface area contributed by atoms with Gasteiger partial charge >= 0.3 is 5.97 Å². The Morgan fingerprint density at radius 1 is 0.787 bits per heavy atom. The van der Waals surface area contributed by atoms with E-state index in [0.717, 1.165) is 17.7 Å². The van der Waals surface area contributed by atoms with Crippen molar-refractivity contribution in [1.82, 2.24) is 4.90 Å². The standard InChI is InChI=1S/C47H71NO13/c1-27-11-9-7-8-10-12-35(50)24-37-19-13-32(6)47(59,61-37)44(56)45(57)48-26-36(51)18-20-38(48)46(58)60-40(29(3)23-33-14-16-34(49)17-15-33)25-39(52)28(2)22-31(5)42(54)43(55)41(53)30(4)21-27/h7-12,22,27-30,32-38,40,42-43,49-51,54-55,59H,13-21,23-26H2,1-6H3/b8-7+,11-9+,12-10+,31-22+/t27-,28-,29-,30-,32-,33?,34?,35-,36?,37+,38?,40+,42-,43+,47-/m1/s1. The van der Waals surface area contributed by atoms with Crippen LogP contribution in [0.1, 0.15) is 119 Å². The molecule has 3 aliphatic heterocycles. The molecule has 3 fully saturated rings. The van der Waals surface area contributed by atoms with E-state index >= 15 is 0 Å². The van der Waals surface area contributed by atoms with Gasteiger partial charge in [-0.15, -0.1) is 0 Å². The molecule has 2 saturated heterocycles. The zero-order chi connectivity index (χ0) is 45.2. The normalized spacial score (nSPS) is 41.8. The number of rotatable bonds is 3. The molecule has 14 nitrogen and oxygen atoms in total. The molecule has 0 aromatic carbocycles. The summed E-state index contributed by atoms with van der Waals surface area (Å²) in [5.41, 5.74) is 0.222. The highest BCUT2D eigenvalue weighted by Crippen LogP contribution is 2.37. The molecule has 0 spiro atoms. The van der Waals surface area contributed by atoms with Crippen molar-refractivity contribution >= 4 is 29.2 Å². The van der Waals surface area contributed by atoms with Gasteiger partial charge in [0.1, 0.15) is 30.1 Å². The predicted octanol–water partition coefficient (Wildman–Crippen LogP) is 3.83. The molecule has 2 unspecified atom stereocenters. The second-order valence-electron chi connectivity index (χ2n) is 18.5. The van der Waals surface area contributed by atoms with Gasteiger partial charge in [0.05, 0.1) is 24.4 Å². The van der Waals surface area contributed by atoms with Crippen LogP contribution in [0.5, 0.6) is 0 Å². The minimum absolute atomic E-state index is 0.0188. The third-order valence-electron chi connectivity index (χ3n) is 13.3. The van der Waals surface area contributed by atoms with E-state index in [0.29, 0.717) is 38.5 Å². The summed E-state index contributed by atoms with van der Waals surface area (Å²) in [4.78, 5) is 70.3. The lowest BCUT2D eigenvalue weighted by molar-refractivity contribution is -0.265. The Hall–Kier alpha value is -3.37. The number of hydrogen-bond donors (Lipinski definition) is 6. The molecule has 1 aliphatic carbocycles. The van der Waals surface area contributed by atoms with E-state index in [9.17, 15) is 54.6 Å². The van der Waals surface area contributed by atoms with Crippen molar-refractivity contribution in [2.75, 3.05) is 6.54 Å². The Labute approximate surface area is 360 Å². The lowest BCUT2D eigenvalue weighted by Gasteiger charge is -2.43. The van der Waals surface area contributed by atoms with E-state index in [1.807, 2.05) is 19.9 Å². The Bertz CT molecular complexity index is 1650. The molecular weight excluding hydrogens is 787 g/mol. The number of allylic oxidation sites excluding steroid dienone is 6. The number of hydrogen-bond acceptors (Lipinski definition) is 13. The number of carbonyl (C=O) groups is 5. The van der Waals surface area contributed by atoms with E-state index in [4.69, 9.17) is 9.47 Å². The van der Waals surface area contributed by atoms with Crippen molar-refractivity contribution in [2.24, 2.45) is 35.5 Å². The van der Waals surface area contributed by atoms with Crippen LogP contribution in [-0.2, 0) is 33.4 Å². The molecule has 0 radical (unpaired) electrons. The minimum Gasteiger partial charge on any atom is -0.460 e. The van der Waals surface area contributed by atoms with Crippen molar-refractivity contribution in [3.05, 3.63) is 48.1 Å². The SMILES string of the molecule is C/C1=C\[C@@H](C)C(=O)C[C@@H]([C@H](C)CC2CCC(O)CC2)OC(=O)C2CCC(O)CN2C(=O)C(=O)[C@]2(O)O[C@@H](CC[C@H]2C)C[C@H](O)/C=C/C=C/C=C/[C@@H](C)C[C@@H](C)C(=O)[C@H](O)[C@@H]1O. The maximum atomic E-state index is 14.2. The first kappa shape index (κ1) is 50.3. The van der Waals surface area contributed by atoms with Crippen LogP contribution in [0.3, 0.4) is 0 Å². The van der Waals surface area contributed by atoms with Crippen molar-refractivity contribution in [2.45, 2.75) is 173 Å². The zero-order valence-corrected chi connectivity index (χ0v) is 36.8. The van der Waals surface area contributed by atoms with Gasteiger partial charge in [0.2, 0.25) is 5.79 Å². The van der Waals surface area contributed by atoms with E-state index in [2.05, 4.69) is 0 Å². The zero-order valence-electron chi connectivity index (χ0n) is 36.8. The van der Waals surface area contributed by atoms with Gasteiger partial charge in [-0.25, -0.2) is 4.79 Å². The number of aliphatic hydroxyl groups excluding tert-OH is 5. The van der Waals surface area contributed by atoms with Gasteiger partial charge in [0.25, 0.3) is 11.7 Å². The Morgan fingerprint density at radius 3 is 2.10 bits per heavy atom. The summed E-state index contributed by atoms with van der Waals surface area (Å²) in [5, 5.41) is 65.2. The van der Waals surface area contributed by atoms with Crippen LogP contribution in [0.25, 0.3) is 0 Å². The van der Waals surface area contributed by atoms with Crippen molar-refractivity contribution in [3.8, 4) is 0 Å². The van der Waals surface area contributed by atoms with Gasteiger partial charge in [0.15, 0.2) is 5.78 Å². The van der Waals surface area contributed by atoms with Crippen LogP contribution >= 0.6 is 0 Å². The number of ether oxygens (including phenoxy) is 2. The molecule has 14 heteroatoms. The van der Waals surface area contributed by atoms with E-state index in [1.54, 1.807) is 45.1 Å². The first-order valence-electron chi connectivity index (χ1n) is 22.3. The summed E-state index contributed by atoms with van der Waals surface area (Å²) in [6.07, 6.45) is 8.54. The molecule has 4 rings (SSSR count). The Balaban J connectivity index is 1.67. The van der Waals surface area contributed by atoms with Gasteiger partial charge in [0, 0.05) is 37.1 Å². The molecule has 6 N–H and O–H groups in total. The summed E-state index contributed by atoms with van der Waals surface area (Å²) in [7, 11) is 0. The maximum absolute atomic E-state index is 14.2. The number of Topliss-reactive ketones (excluding diaryl/α,β-unsaturated/α-hetero) is 3. The number of carbonyl (C=O) groups excluding carboxylic acids is 5. The van der Waals surface area contributed by atoms with Crippen LogP contribution in [-0.4, -0.2) is 126 Å². The van der Waals surface area contributed by atoms with Crippen LogP contribution in [0.4, 0.5) is 0 Å². The number of esters is 1. The predicted molar refractivity (Wildman–Crippen MR) is 226 cm³/mol. The quantitative estimate of drug-likeness (QED) is 0.135. The lowest BCUT2D eigenvalue weighted by Crippen LogP contribution is -2.62. The molecule has 2 bridgehead atoms. The number of cyclic esters (lactones) is 1.